The first-order valence-electron chi connectivity index (χ1n) is 7.04. The molecule has 0 bridgehead atoms. The Labute approximate surface area is 133 Å². The molecule has 0 aliphatic rings. The van der Waals surface area contributed by atoms with Gasteiger partial charge < -0.3 is 10.6 Å². The number of rotatable bonds is 5. The van der Waals surface area contributed by atoms with Gasteiger partial charge in [-0.15, -0.1) is 11.3 Å². The smallest absolute Gasteiger partial charge is 0.255 e. The van der Waals surface area contributed by atoms with Crippen molar-refractivity contribution in [3.8, 4) is 0 Å². The van der Waals surface area contributed by atoms with Gasteiger partial charge >= 0.3 is 0 Å². The fourth-order valence-corrected chi connectivity index (χ4v) is 2.71. The molecule has 0 fully saturated rings. The fraction of sp³-hybridized carbons (Fsp3) is 0.0556. The molecule has 1 aromatic heterocycles. The Hall–Kier alpha value is -2.59. The summed E-state index contributed by atoms with van der Waals surface area (Å²) in [6.45, 7) is 0.813. The number of carbonyl (C=O) groups is 1. The third-order valence-corrected chi connectivity index (χ3v) is 4.10. The number of carbonyl (C=O) groups excluding carboxylic acids is 1. The van der Waals surface area contributed by atoms with E-state index in [0.717, 1.165) is 17.9 Å². The quantitative estimate of drug-likeness (QED) is 0.722. The first-order valence-corrected chi connectivity index (χ1v) is 7.92. The van der Waals surface area contributed by atoms with Crippen LogP contribution in [0.4, 0.5) is 11.4 Å². The van der Waals surface area contributed by atoms with Crippen molar-refractivity contribution in [3.05, 3.63) is 82.6 Å². The maximum absolute atomic E-state index is 12.1. The Morgan fingerprint density at radius 3 is 2.27 bits per heavy atom. The van der Waals surface area contributed by atoms with Gasteiger partial charge in [0, 0.05) is 28.4 Å². The van der Waals surface area contributed by atoms with E-state index in [1.807, 2.05) is 48.5 Å². The number of benzene rings is 2. The number of amides is 1. The van der Waals surface area contributed by atoms with E-state index < -0.39 is 0 Å². The van der Waals surface area contributed by atoms with E-state index in [2.05, 4.69) is 22.1 Å². The summed E-state index contributed by atoms with van der Waals surface area (Å²) in [6, 6.07) is 21.1. The van der Waals surface area contributed by atoms with Crippen molar-refractivity contribution in [3.63, 3.8) is 0 Å². The fourth-order valence-electron chi connectivity index (χ4n) is 2.07. The van der Waals surface area contributed by atoms with Gasteiger partial charge in [0.25, 0.3) is 5.91 Å². The molecule has 0 radical (unpaired) electrons. The summed E-state index contributed by atoms with van der Waals surface area (Å²) >= 11 is 1.73. The van der Waals surface area contributed by atoms with Crippen molar-refractivity contribution in [1.82, 2.24) is 0 Å². The van der Waals surface area contributed by atoms with E-state index in [-0.39, 0.29) is 5.91 Å². The van der Waals surface area contributed by atoms with Gasteiger partial charge in [-0.1, -0.05) is 24.3 Å². The minimum Gasteiger partial charge on any atom is -0.380 e. The molecular weight excluding hydrogens is 292 g/mol. The Morgan fingerprint density at radius 1 is 0.864 bits per heavy atom. The zero-order valence-corrected chi connectivity index (χ0v) is 12.8. The van der Waals surface area contributed by atoms with Gasteiger partial charge in [0.2, 0.25) is 0 Å². The highest BCUT2D eigenvalue weighted by molar-refractivity contribution is 7.09. The molecule has 22 heavy (non-hydrogen) atoms. The van der Waals surface area contributed by atoms with Gasteiger partial charge in [0.15, 0.2) is 0 Å². The normalized spacial score (nSPS) is 10.2. The molecule has 2 aromatic carbocycles. The highest BCUT2D eigenvalue weighted by Gasteiger charge is 2.04. The van der Waals surface area contributed by atoms with Crippen molar-refractivity contribution in [2.75, 3.05) is 10.6 Å². The molecular formula is C18H16N2OS. The molecule has 0 spiro atoms. The van der Waals surface area contributed by atoms with Crippen LogP contribution in [0.1, 0.15) is 15.2 Å². The van der Waals surface area contributed by atoms with Crippen LogP contribution in [0.5, 0.6) is 0 Å². The van der Waals surface area contributed by atoms with Gasteiger partial charge in [-0.05, 0) is 47.8 Å². The van der Waals surface area contributed by atoms with E-state index in [9.17, 15) is 4.79 Å². The number of hydrogen-bond donors (Lipinski definition) is 2. The SMILES string of the molecule is O=C(Nc1ccc(NCc2cccs2)cc1)c1ccccc1. The summed E-state index contributed by atoms with van der Waals surface area (Å²) in [7, 11) is 0. The van der Waals surface area contributed by atoms with Crippen LogP contribution in [0.3, 0.4) is 0 Å². The molecule has 1 amide bonds. The third-order valence-electron chi connectivity index (χ3n) is 3.23. The molecule has 3 rings (SSSR count). The second kappa shape index (κ2) is 6.91. The first kappa shape index (κ1) is 14.4. The molecule has 3 nitrogen and oxygen atoms in total. The van der Waals surface area contributed by atoms with Gasteiger partial charge in [-0.25, -0.2) is 0 Å². The molecule has 0 unspecified atom stereocenters. The lowest BCUT2D eigenvalue weighted by Gasteiger charge is -2.08. The summed E-state index contributed by atoms with van der Waals surface area (Å²) in [4.78, 5) is 13.3. The molecule has 0 aliphatic carbocycles. The van der Waals surface area contributed by atoms with Crippen LogP contribution in [0, 0.1) is 0 Å². The number of hydrogen-bond acceptors (Lipinski definition) is 3. The minimum atomic E-state index is -0.0973. The summed E-state index contributed by atoms with van der Waals surface area (Å²) in [5.41, 5.74) is 2.48. The molecule has 1 heterocycles. The molecule has 3 aromatic rings. The van der Waals surface area contributed by atoms with Crippen LogP contribution < -0.4 is 10.6 Å². The zero-order valence-electron chi connectivity index (χ0n) is 12.0. The number of nitrogens with one attached hydrogen (secondary N) is 2. The lowest BCUT2D eigenvalue weighted by atomic mass is 10.2. The standard InChI is InChI=1S/C18H16N2OS/c21-18(14-5-2-1-3-6-14)20-16-10-8-15(9-11-16)19-13-17-7-4-12-22-17/h1-12,19H,13H2,(H,20,21). The second-order valence-electron chi connectivity index (χ2n) is 4.83. The molecule has 110 valence electrons. The van der Waals surface area contributed by atoms with Crippen LogP contribution in [0.15, 0.2) is 72.1 Å². The van der Waals surface area contributed by atoms with E-state index >= 15 is 0 Å². The summed E-state index contributed by atoms with van der Waals surface area (Å²) in [6.07, 6.45) is 0. The Bertz CT molecular complexity index is 722. The maximum Gasteiger partial charge on any atom is 0.255 e. The highest BCUT2D eigenvalue weighted by Crippen LogP contribution is 2.17. The highest BCUT2D eigenvalue weighted by atomic mass is 32.1. The van der Waals surface area contributed by atoms with Crippen molar-refractivity contribution >= 4 is 28.6 Å². The van der Waals surface area contributed by atoms with E-state index in [1.165, 1.54) is 4.88 Å². The summed E-state index contributed by atoms with van der Waals surface area (Å²) < 4.78 is 0. The topological polar surface area (TPSA) is 41.1 Å². The lowest BCUT2D eigenvalue weighted by molar-refractivity contribution is 0.102. The summed E-state index contributed by atoms with van der Waals surface area (Å²) in [5.74, 6) is -0.0973. The molecule has 4 heteroatoms. The van der Waals surface area contributed by atoms with E-state index in [0.29, 0.717) is 5.56 Å². The van der Waals surface area contributed by atoms with E-state index in [4.69, 9.17) is 0 Å². The van der Waals surface area contributed by atoms with Gasteiger partial charge in [-0.2, -0.15) is 0 Å². The molecule has 2 N–H and O–H groups in total. The van der Waals surface area contributed by atoms with Crippen molar-refractivity contribution in [1.29, 1.82) is 0 Å². The second-order valence-corrected chi connectivity index (χ2v) is 5.86. The predicted octanol–water partition coefficient (Wildman–Crippen LogP) is 4.61. The van der Waals surface area contributed by atoms with Gasteiger partial charge in [-0.3, -0.25) is 4.79 Å². The summed E-state index contributed by atoms with van der Waals surface area (Å²) in [5, 5.41) is 8.32. The monoisotopic (exact) mass is 308 g/mol. The number of thiophene rings is 1. The Morgan fingerprint density at radius 2 is 1.59 bits per heavy atom. The third kappa shape index (κ3) is 3.74. The minimum absolute atomic E-state index is 0.0973. The zero-order chi connectivity index (χ0) is 15.2. The number of anilines is 2. The predicted molar refractivity (Wildman–Crippen MR) is 92.5 cm³/mol. The Kier molecular flexibility index (Phi) is 4.51. The molecule has 0 saturated carbocycles. The molecule has 0 aliphatic heterocycles. The average Bonchev–Trinajstić information content (AvgIpc) is 3.08. The average molecular weight is 308 g/mol. The van der Waals surface area contributed by atoms with E-state index in [1.54, 1.807) is 23.5 Å². The largest absolute Gasteiger partial charge is 0.380 e. The van der Waals surface area contributed by atoms with Crippen molar-refractivity contribution < 1.29 is 4.79 Å². The van der Waals surface area contributed by atoms with Gasteiger partial charge in [0.1, 0.15) is 0 Å². The van der Waals surface area contributed by atoms with Crippen LogP contribution >= 0.6 is 11.3 Å². The molecule has 0 atom stereocenters. The molecule has 0 saturated heterocycles. The Balaban J connectivity index is 1.58. The first-order chi connectivity index (χ1) is 10.8. The van der Waals surface area contributed by atoms with Crippen LogP contribution in [-0.4, -0.2) is 5.91 Å². The van der Waals surface area contributed by atoms with Crippen molar-refractivity contribution in [2.24, 2.45) is 0 Å². The van der Waals surface area contributed by atoms with Crippen molar-refractivity contribution in [2.45, 2.75) is 6.54 Å². The van der Waals surface area contributed by atoms with Crippen LogP contribution in [-0.2, 0) is 6.54 Å². The van der Waals surface area contributed by atoms with Gasteiger partial charge in [0.05, 0.1) is 0 Å². The van der Waals surface area contributed by atoms with Crippen LogP contribution in [0.25, 0.3) is 0 Å². The maximum atomic E-state index is 12.1. The lowest BCUT2D eigenvalue weighted by Crippen LogP contribution is -2.11. The van der Waals surface area contributed by atoms with Crippen LogP contribution in [0.2, 0.25) is 0 Å².